The SMILES string of the molecule is O=C(Cc1ccccc1)NCC(=O)NC(CO)c1ccc(Cl)cc1. The fraction of sp³-hybridized carbons (Fsp3) is 0.222. The maximum atomic E-state index is 11.9. The normalized spacial score (nSPS) is 11.6. The Balaban J connectivity index is 1.81. The van der Waals surface area contributed by atoms with Crippen LogP contribution in [0, 0.1) is 0 Å². The number of benzene rings is 2. The van der Waals surface area contributed by atoms with Crippen molar-refractivity contribution < 1.29 is 14.7 Å². The number of aliphatic hydroxyl groups is 1. The first-order valence-electron chi connectivity index (χ1n) is 7.55. The van der Waals surface area contributed by atoms with Crippen molar-refractivity contribution in [3.05, 3.63) is 70.7 Å². The predicted octanol–water partition coefficient (Wildman–Crippen LogP) is 1.85. The molecule has 0 saturated carbocycles. The highest BCUT2D eigenvalue weighted by molar-refractivity contribution is 6.30. The van der Waals surface area contributed by atoms with Gasteiger partial charge in [0.15, 0.2) is 0 Å². The first kappa shape index (κ1) is 18.0. The van der Waals surface area contributed by atoms with Gasteiger partial charge in [0.25, 0.3) is 0 Å². The number of nitrogens with one attached hydrogen (secondary N) is 2. The van der Waals surface area contributed by atoms with Crippen LogP contribution in [-0.2, 0) is 16.0 Å². The Kier molecular flexibility index (Phi) is 6.78. The van der Waals surface area contributed by atoms with E-state index in [1.165, 1.54) is 0 Å². The molecular formula is C18H19ClN2O3. The third-order valence-electron chi connectivity index (χ3n) is 3.44. The molecule has 1 atom stereocenters. The topological polar surface area (TPSA) is 78.4 Å². The van der Waals surface area contributed by atoms with E-state index in [2.05, 4.69) is 10.6 Å². The minimum absolute atomic E-state index is 0.143. The van der Waals surface area contributed by atoms with Gasteiger partial charge in [-0.05, 0) is 23.3 Å². The number of hydrogen-bond acceptors (Lipinski definition) is 3. The zero-order valence-electron chi connectivity index (χ0n) is 13.0. The molecule has 0 radical (unpaired) electrons. The molecule has 0 saturated heterocycles. The van der Waals surface area contributed by atoms with Crippen LogP contribution >= 0.6 is 11.6 Å². The predicted molar refractivity (Wildman–Crippen MR) is 92.6 cm³/mol. The molecule has 0 aliphatic rings. The molecule has 2 aromatic carbocycles. The highest BCUT2D eigenvalue weighted by atomic mass is 35.5. The lowest BCUT2D eigenvalue weighted by molar-refractivity contribution is -0.126. The average molecular weight is 347 g/mol. The highest BCUT2D eigenvalue weighted by Gasteiger charge is 2.14. The molecule has 2 rings (SSSR count). The quantitative estimate of drug-likeness (QED) is 0.716. The van der Waals surface area contributed by atoms with Crippen LogP contribution in [0.5, 0.6) is 0 Å². The van der Waals surface area contributed by atoms with Gasteiger partial charge in [-0.1, -0.05) is 54.1 Å². The van der Waals surface area contributed by atoms with Crippen molar-refractivity contribution in [1.29, 1.82) is 0 Å². The molecule has 0 aromatic heterocycles. The maximum absolute atomic E-state index is 11.9. The summed E-state index contributed by atoms with van der Waals surface area (Å²) >= 11 is 5.82. The largest absolute Gasteiger partial charge is 0.394 e. The van der Waals surface area contributed by atoms with Gasteiger partial charge >= 0.3 is 0 Å². The van der Waals surface area contributed by atoms with Crippen molar-refractivity contribution in [3.63, 3.8) is 0 Å². The van der Waals surface area contributed by atoms with Crippen LogP contribution in [0.2, 0.25) is 5.02 Å². The molecule has 6 heteroatoms. The van der Waals surface area contributed by atoms with Crippen LogP contribution in [0.15, 0.2) is 54.6 Å². The Bertz CT molecular complexity index is 674. The second kappa shape index (κ2) is 9.05. The van der Waals surface area contributed by atoms with E-state index in [0.29, 0.717) is 5.02 Å². The summed E-state index contributed by atoms with van der Waals surface area (Å²) in [6.45, 7) is -0.388. The van der Waals surface area contributed by atoms with Crippen LogP contribution in [0.4, 0.5) is 0 Å². The van der Waals surface area contributed by atoms with Crippen molar-refractivity contribution in [2.45, 2.75) is 12.5 Å². The third kappa shape index (κ3) is 5.68. The van der Waals surface area contributed by atoms with Crippen LogP contribution in [0.3, 0.4) is 0 Å². The molecule has 3 N–H and O–H groups in total. The Morgan fingerprint density at radius 1 is 1.00 bits per heavy atom. The van der Waals surface area contributed by atoms with Crippen molar-refractivity contribution in [2.75, 3.05) is 13.2 Å². The lowest BCUT2D eigenvalue weighted by Gasteiger charge is -2.17. The molecule has 0 spiro atoms. The Hall–Kier alpha value is -2.37. The first-order chi connectivity index (χ1) is 11.6. The van der Waals surface area contributed by atoms with E-state index >= 15 is 0 Å². The third-order valence-corrected chi connectivity index (χ3v) is 3.70. The lowest BCUT2D eigenvalue weighted by atomic mass is 10.1. The average Bonchev–Trinajstić information content (AvgIpc) is 2.59. The lowest BCUT2D eigenvalue weighted by Crippen LogP contribution is -2.40. The summed E-state index contributed by atoms with van der Waals surface area (Å²) in [4.78, 5) is 23.8. The summed E-state index contributed by atoms with van der Waals surface area (Å²) in [6.07, 6.45) is 0.217. The summed E-state index contributed by atoms with van der Waals surface area (Å²) in [5.74, 6) is -0.603. The van der Waals surface area contributed by atoms with Crippen molar-refractivity contribution >= 4 is 23.4 Å². The fourth-order valence-corrected chi connectivity index (χ4v) is 2.32. The zero-order valence-corrected chi connectivity index (χ0v) is 13.8. The number of hydrogen-bond donors (Lipinski definition) is 3. The van der Waals surface area contributed by atoms with E-state index in [0.717, 1.165) is 11.1 Å². The number of aliphatic hydroxyl groups excluding tert-OH is 1. The minimum atomic E-state index is -0.541. The standard InChI is InChI=1S/C18H19ClN2O3/c19-15-8-6-14(7-9-15)16(12-22)21-18(24)11-20-17(23)10-13-4-2-1-3-5-13/h1-9,16,22H,10-12H2,(H,20,23)(H,21,24). The molecule has 126 valence electrons. The summed E-state index contributed by atoms with van der Waals surface area (Å²) in [5, 5.41) is 15.3. The molecule has 1 unspecified atom stereocenters. The minimum Gasteiger partial charge on any atom is -0.394 e. The monoisotopic (exact) mass is 346 g/mol. The number of carbonyl (C=O) groups is 2. The Labute approximate surface area is 145 Å². The summed E-state index contributed by atoms with van der Waals surface area (Å²) < 4.78 is 0. The highest BCUT2D eigenvalue weighted by Crippen LogP contribution is 2.16. The van der Waals surface area contributed by atoms with Crippen LogP contribution in [-0.4, -0.2) is 30.1 Å². The van der Waals surface area contributed by atoms with E-state index in [4.69, 9.17) is 11.6 Å². The van der Waals surface area contributed by atoms with E-state index in [1.54, 1.807) is 24.3 Å². The fourth-order valence-electron chi connectivity index (χ4n) is 2.20. The van der Waals surface area contributed by atoms with Gasteiger partial charge in [-0.3, -0.25) is 9.59 Å². The van der Waals surface area contributed by atoms with Gasteiger partial charge in [0.2, 0.25) is 11.8 Å². The zero-order chi connectivity index (χ0) is 17.4. The maximum Gasteiger partial charge on any atom is 0.239 e. The molecule has 0 heterocycles. The molecule has 0 aliphatic heterocycles. The van der Waals surface area contributed by atoms with Gasteiger partial charge in [0, 0.05) is 5.02 Å². The molecule has 24 heavy (non-hydrogen) atoms. The van der Waals surface area contributed by atoms with Crippen molar-refractivity contribution in [2.24, 2.45) is 0 Å². The molecule has 0 fully saturated rings. The second-order valence-electron chi connectivity index (χ2n) is 5.29. The van der Waals surface area contributed by atoms with E-state index in [1.807, 2.05) is 30.3 Å². The van der Waals surface area contributed by atoms with E-state index in [-0.39, 0.29) is 31.4 Å². The van der Waals surface area contributed by atoms with Gasteiger partial charge in [0.1, 0.15) is 0 Å². The van der Waals surface area contributed by atoms with Crippen LogP contribution in [0.25, 0.3) is 0 Å². The number of halogens is 1. The Morgan fingerprint density at radius 2 is 1.67 bits per heavy atom. The number of rotatable bonds is 7. The summed E-state index contributed by atoms with van der Waals surface area (Å²) in [7, 11) is 0. The molecular weight excluding hydrogens is 328 g/mol. The van der Waals surface area contributed by atoms with Crippen molar-refractivity contribution in [1.82, 2.24) is 10.6 Å². The van der Waals surface area contributed by atoms with Gasteiger partial charge < -0.3 is 15.7 Å². The van der Waals surface area contributed by atoms with Crippen LogP contribution < -0.4 is 10.6 Å². The van der Waals surface area contributed by atoms with E-state index in [9.17, 15) is 14.7 Å². The van der Waals surface area contributed by atoms with E-state index < -0.39 is 6.04 Å². The van der Waals surface area contributed by atoms with Gasteiger partial charge in [0.05, 0.1) is 25.6 Å². The molecule has 2 aromatic rings. The number of carbonyl (C=O) groups excluding carboxylic acids is 2. The van der Waals surface area contributed by atoms with Gasteiger partial charge in [-0.25, -0.2) is 0 Å². The van der Waals surface area contributed by atoms with Crippen molar-refractivity contribution in [3.8, 4) is 0 Å². The molecule has 5 nitrogen and oxygen atoms in total. The van der Waals surface area contributed by atoms with Crippen LogP contribution in [0.1, 0.15) is 17.2 Å². The van der Waals surface area contributed by atoms with Gasteiger partial charge in [-0.15, -0.1) is 0 Å². The molecule has 0 bridgehead atoms. The summed E-state index contributed by atoms with van der Waals surface area (Å²) in [6, 6.07) is 15.6. The number of amides is 2. The molecule has 0 aliphatic carbocycles. The smallest absolute Gasteiger partial charge is 0.239 e. The Morgan fingerprint density at radius 3 is 2.29 bits per heavy atom. The summed E-state index contributed by atoms with van der Waals surface area (Å²) in [5.41, 5.74) is 1.62. The van der Waals surface area contributed by atoms with Gasteiger partial charge in [-0.2, -0.15) is 0 Å². The first-order valence-corrected chi connectivity index (χ1v) is 7.92. The second-order valence-corrected chi connectivity index (χ2v) is 5.73. The molecule has 2 amide bonds.